The lowest BCUT2D eigenvalue weighted by atomic mass is 10.1. The van der Waals surface area contributed by atoms with Gasteiger partial charge in [-0.2, -0.15) is 0 Å². The topological polar surface area (TPSA) is 4.93 Å². The zero-order chi connectivity index (χ0) is 11.8. The molecule has 0 unspecified atom stereocenters. The fraction of sp³-hybridized carbons (Fsp3) is 0.0667. The second-order valence-electron chi connectivity index (χ2n) is 4.16. The molecule has 0 atom stereocenters. The van der Waals surface area contributed by atoms with E-state index in [9.17, 15) is 4.39 Å². The molecule has 1 aromatic heterocycles. The van der Waals surface area contributed by atoms with Crippen LogP contribution < -0.4 is 0 Å². The highest BCUT2D eigenvalue weighted by Gasteiger charge is 2.07. The maximum Gasteiger partial charge on any atom is 0.123 e. The molecule has 0 radical (unpaired) electrons. The molecule has 2 heteroatoms. The quantitative estimate of drug-likeness (QED) is 0.590. The number of nitrogens with zero attached hydrogens (tertiary/aromatic N) is 1. The Balaban J connectivity index is 2.28. The number of fused-ring (bicyclic) bond motifs is 1. The normalized spacial score (nSPS) is 10.9. The molecule has 0 bridgehead atoms. The van der Waals surface area contributed by atoms with Crippen LogP contribution in [0.4, 0.5) is 4.39 Å². The third-order valence-corrected chi connectivity index (χ3v) is 3.07. The summed E-state index contributed by atoms with van der Waals surface area (Å²) in [5, 5.41) is 0.936. The average molecular weight is 225 g/mol. The standard InChI is InChI=1S/C15H12FN/c1-17-14-8-7-13(16)9-12(14)10-15(17)11-5-3-2-4-6-11/h2-10H,1H3. The fourth-order valence-corrected chi connectivity index (χ4v) is 2.21. The maximum atomic E-state index is 13.2. The minimum absolute atomic E-state index is 0.192. The number of halogens is 1. The summed E-state index contributed by atoms with van der Waals surface area (Å²) in [7, 11) is 2.00. The molecule has 0 aliphatic rings. The molecule has 0 aliphatic heterocycles. The summed E-state index contributed by atoms with van der Waals surface area (Å²) in [6, 6.07) is 17.0. The first kappa shape index (κ1) is 10.1. The van der Waals surface area contributed by atoms with Crippen molar-refractivity contribution >= 4 is 10.9 Å². The Morgan fingerprint density at radius 3 is 2.47 bits per heavy atom. The van der Waals surface area contributed by atoms with E-state index in [4.69, 9.17) is 0 Å². The number of hydrogen-bond acceptors (Lipinski definition) is 0. The predicted molar refractivity (Wildman–Crippen MR) is 68.3 cm³/mol. The van der Waals surface area contributed by atoms with Crippen LogP contribution in [0.2, 0.25) is 0 Å². The van der Waals surface area contributed by atoms with Crippen molar-refractivity contribution in [3.05, 3.63) is 60.4 Å². The summed E-state index contributed by atoms with van der Waals surface area (Å²) in [4.78, 5) is 0. The van der Waals surface area contributed by atoms with E-state index in [-0.39, 0.29) is 5.82 Å². The molecule has 3 aromatic rings. The van der Waals surface area contributed by atoms with Gasteiger partial charge in [0.2, 0.25) is 0 Å². The van der Waals surface area contributed by atoms with Gasteiger partial charge in [0.15, 0.2) is 0 Å². The zero-order valence-corrected chi connectivity index (χ0v) is 9.52. The van der Waals surface area contributed by atoms with Gasteiger partial charge >= 0.3 is 0 Å². The summed E-state index contributed by atoms with van der Waals surface area (Å²) >= 11 is 0. The molecule has 0 saturated carbocycles. The highest BCUT2D eigenvalue weighted by molar-refractivity contribution is 5.86. The third-order valence-electron chi connectivity index (χ3n) is 3.07. The summed E-state index contributed by atoms with van der Waals surface area (Å²) < 4.78 is 15.3. The van der Waals surface area contributed by atoms with Crippen molar-refractivity contribution in [2.24, 2.45) is 7.05 Å². The van der Waals surface area contributed by atoms with Crippen LogP contribution in [0, 0.1) is 5.82 Å². The lowest BCUT2D eigenvalue weighted by molar-refractivity contribution is 0.629. The van der Waals surface area contributed by atoms with Gasteiger partial charge in [-0.15, -0.1) is 0 Å². The van der Waals surface area contributed by atoms with Crippen LogP contribution in [0.1, 0.15) is 0 Å². The maximum absolute atomic E-state index is 13.2. The van der Waals surface area contributed by atoms with Gasteiger partial charge in [0.05, 0.1) is 0 Å². The van der Waals surface area contributed by atoms with E-state index in [1.807, 2.05) is 37.4 Å². The monoisotopic (exact) mass is 225 g/mol. The molecule has 84 valence electrons. The largest absolute Gasteiger partial charge is 0.344 e. The number of hydrogen-bond donors (Lipinski definition) is 0. The molecule has 0 N–H and O–H groups in total. The van der Waals surface area contributed by atoms with Crippen molar-refractivity contribution in [2.45, 2.75) is 0 Å². The Kier molecular flexibility index (Phi) is 2.22. The Labute approximate surface area is 99.1 Å². The van der Waals surface area contributed by atoms with Gasteiger partial charge in [0, 0.05) is 23.6 Å². The number of aryl methyl sites for hydroxylation is 1. The Hall–Kier alpha value is -2.09. The van der Waals surface area contributed by atoms with E-state index < -0.39 is 0 Å². The summed E-state index contributed by atoms with van der Waals surface area (Å²) in [6.07, 6.45) is 0. The first-order chi connectivity index (χ1) is 8.25. The molecule has 0 aliphatic carbocycles. The van der Waals surface area contributed by atoms with E-state index in [1.54, 1.807) is 6.07 Å². The van der Waals surface area contributed by atoms with Crippen molar-refractivity contribution in [3.63, 3.8) is 0 Å². The fourth-order valence-electron chi connectivity index (χ4n) is 2.21. The molecule has 0 fully saturated rings. The first-order valence-electron chi connectivity index (χ1n) is 5.56. The van der Waals surface area contributed by atoms with Gasteiger partial charge in [-0.1, -0.05) is 30.3 Å². The van der Waals surface area contributed by atoms with Gasteiger partial charge in [-0.25, -0.2) is 4.39 Å². The SMILES string of the molecule is Cn1c(-c2ccccc2)cc2cc(F)ccc21. The van der Waals surface area contributed by atoms with Crippen LogP contribution in [0.5, 0.6) is 0 Å². The highest BCUT2D eigenvalue weighted by atomic mass is 19.1. The Bertz CT molecular complexity index is 668. The minimum Gasteiger partial charge on any atom is -0.344 e. The van der Waals surface area contributed by atoms with E-state index in [0.29, 0.717) is 0 Å². The molecule has 1 nitrogen and oxygen atoms in total. The van der Waals surface area contributed by atoms with Crippen LogP contribution in [0.25, 0.3) is 22.2 Å². The van der Waals surface area contributed by atoms with Crippen molar-refractivity contribution in [2.75, 3.05) is 0 Å². The van der Waals surface area contributed by atoms with Crippen LogP contribution in [0.3, 0.4) is 0 Å². The third kappa shape index (κ3) is 1.62. The van der Waals surface area contributed by atoms with E-state index in [1.165, 1.54) is 6.07 Å². The smallest absolute Gasteiger partial charge is 0.123 e. The Morgan fingerprint density at radius 1 is 0.941 bits per heavy atom. The zero-order valence-electron chi connectivity index (χ0n) is 9.52. The number of benzene rings is 2. The van der Waals surface area contributed by atoms with Crippen LogP contribution in [-0.4, -0.2) is 4.57 Å². The van der Waals surface area contributed by atoms with Gasteiger partial charge in [0.25, 0.3) is 0 Å². The molecule has 0 spiro atoms. The van der Waals surface area contributed by atoms with Gasteiger partial charge in [-0.3, -0.25) is 0 Å². The van der Waals surface area contributed by atoms with Crippen LogP contribution in [-0.2, 0) is 7.05 Å². The molecular weight excluding hydrogens is 213 g/mol. The van der Waals surface area contributed by atoms with E-state index in [0.717, 1.165) is 22.2 Å². The number of rotatable bonds is 1. The molecule has 1 heterocycles. The second kappa shape index (κ2) is 3.74. The summed E-state index contributed by atoms with van der Waals surface area (Å²) in [6.45, 7) is 0. The molecule has 3 rings (SSSR count). The summed E-state index contributed by atoms with van der Waals surface area (Å²) in [5.74, 6) is -0.192. The van der Waals surface area contributed by atoms with Crippen molar-refractivity contribution in [1.82, 2.24) is 4.57 Å². The van der Waals surface area contributed by atoms with Crippen molar-refractivity contribution in [1.29, 1.82) is 0 Å². The van der Waals surface area contributed by atoms with E-state index in [2.05, 4.69) is 16.7 Å². The molecule has 2 aromatic carbocycles. The molecule has 0 amide bonds. The Morgan fingerprint density at radius 2 is 1.71 bits per heavy atom. The van der Waals surface area contributed by atoms with Crippen molar-refractivity contribution < 1.29 is 4.39 Å². The predicted octanol–water partition coefficient (Wildman–Crippen LogP) is 3.98. The van der Waals surface area contributed by atoms with Crippen LogP contribution in [0.15, 0.2) is 54.6 Å². The lowest BCUT2D eigenvalue weighted by Gasteiger charge is -2.03. The van der Waals surface area contributed by atoms with E-state index >= 15 is 0 Å². The minimum atomic E-state index is -0.192. The molecule has 17 heavy (non-hydrogen) atoms. The van der Waals surface area contributed by atoms with Gasteiger partial charge in [-0.05, 0) is 29.8 Å². The number of aromatic nitrogens is 1. The average Bonchev–Trinajstić information content (AvgIpc) is 2.67. The van der Waals surface area contributed by atoms with Crippen LogP contribution >= 0.6 is 0 Å². The van der Waals surface area contributed by atoms with Gasteiger partial charge < -0.3 is 4.57 Å². The molecule has 0 saturated heterocycles. The molecular formula is C15H12FN. The van der Waals surface area contributed by atoms with Gasteiger partial charge in [0.1, 0.15) is 5.82 Å². The summed E-state index contributed by atoms with van der Waals surface area (Å²) in [5.41, 5.74) is 3.29. The lowest BCUT2D eigenvalue weighted by Crippen LogP contribution is -1.90. The first-order valence-corrected chi connectivity index (χ1v) is 5.56. The second-order valence-corrected chi connectivity index (χ2v) is 4.16. The highest BCUT2D eigenvalue weighted by Crippen LogP contribution is 2.27. The van der Waals surface area contributed by atoms with Crippen molar-refractivity contribution in [3.8, 4) is 11.3 Å².